The minimum atomic E-state index is -4.79. The number of benzene rings is 3. The van der Waals surface area contributed by atoms with Gasteiger partial charge in [0.15, 0.2) is 0 Å². The van der Waals surface area contributed by atoms with Crippen molar-refractivity contribution in [2.75, 3.05) is 12.0 Å². The van der Waals surface area contributed by atoms with Gasteiger partial charge in [-0.05, 0) is 42.5 Å². The molecule has 0 saturated carbocycles. The molecule has 0 amide bonds. The SMILES string of the molecule is Fc1cc(F)c(COCNc2ccc(Oc3ccc(F)cc3C(F)(F)F)cc2)c(F)c1. The van der Waals surface area contributed by atoms with E-state index in [0.717, 1.165) is 12.1 Å². The summed E-state index contributed by atoms with van der Waals surface area (Å²) in [6.07, 6.45) is -4.79. The van der Waals surface area contributed by atoms with Gasteiger partial charge in [-0.2, -0.15) is 13.2 Å². The lowest BCUT2D eigenvalue weighted by atomic mass is 10.2. The Labute approximate surface area is 172 Å². The first-order chi connectivity index (χ1) is 14.6. The topological polar surface area (TPSA) is 30.5 Å². The summed E-state index contributed by atoms with van der Waals surface area (Å²) in [6.45, 7) is -0.608. The Morgan fingerprint density at radius 3 is 2.03 bits per heavy atom. The molecule has 31 heavy (non-hydrogen) atoms. The lowest BCUT2D eigenvalue weighted by Crippen LogP contribution is -2.08. The first-order valence-electron chi connectivity index (χ1n) is 8.73. The predicted molar refractivity (Wildman–Crippen MR) is 97.5 cm³/mol. The molecular weight excluding hydrogens is 431 g/mol. The number of hydrogen-bond donors (Lipinski definition) is 1. The van der Waals surface area contributed by atoms with Crippen molar-refractivity contribution in [3.8, 4) is 11.5 Å². The molecule has 0 atom stereocenters. The number of rotatable bonds is 7. The number of alkyl halides is 3. The van der Waals surface area contributed by atoms with Gasteiger partial charge in [0.25, 0.3) is 0 Å². The normalized spacial score (nSPS) is 11.5. The van der Waals surface area contributed by atoms with E-state index in [1.165, 1.54) is 24.3 Å². The number of hydrogen-bond acceptors (Lipinski definition) is 3. The molecule has 0 heterocycles. The summed E-state index contributed by atoms with van der Waals surface area (Å²) < 4.78 is 102. The van der Waals surface area contributed by atoms with Crippen LogP contribution in [0.5, 0.6) is 11.5 Å². The molecule has 3 nitrogen and oxygen atoms in total. The molecule has 3 rings (SSSR count). The van der Waals surface area contributed by atoms with E-state index >= 15 is 0 Å². The lowest BCUT2D eigenvalue weighted by molar-refractivity contribution is -0.138. The number of nitrogens with one attached hydrogen (secondary N) is 1. The van der Waals surface area contributed by atoms with Crippen LogP contribution in [0.3, 0.4) is 0 Å². The van der Waals surface area contributed by atoms with Gasteiger partial charge < -0.3 is 14.8 Å². The van der Waals surface area contributed by atoms with Crippen LogP contribution in [0.1, 0.15) is 11.1 Å². The lowest BCUT2D eigenvalue weighted by Gasteiger charge is -2.14. The van der Waals surface area contributed by atoms with Gasteiger partial charge in [0.05, 0.1) is 6.61 Å². The van der Waals surface area contributed by atoms with E-state index in [9.17, 15) is 30.7 Å². The Kier molecular flexibility index (Phi) is 6.69. The second kappa shape index (κ2) is 9.25. The fraction of sp³-hybridized carbons (Fsp3) is 0.143. The second-order valence-corrected chi connectivity index (χ2v) is 6.28. The molecule has 0 spiro atoms. The Morgan fingerprint density at radius 1 is 0.774 bits per heavy atom. The summed E-state index contributed by atoms with van der Waals surface area (Å²) in [5.41, 5.74) is -1.20. The summed E-state index contributed by atoms with van der Waals surface area (Å²) in [6, 6.07) is 8.82. The van der Waals surface area contributed by atoms with E-state index in [1.54, 1.807) is 0 Å². The van der Waals surface area contributed by atoms with Gasteiger partial charge in [-0.3, -0.25) is 0 Å². The largest absolute Gasteiger partial charge is 0.457 e. The van der Waals surface area contributed by atoms with Crippen LogP contribution in [0.4, 0.5) is 36.4 Å². The van der Waals surface area contributed by atoms with Crippen LogP contribution in [-0.2, 0) is 17.5 Å². The van der Waals surface area contributed by atoms with E-state index in [4.69, 9.17) is 9.47 Å². The smallest absolute Gasteiger partial charge is 0.420 e. The van der Waals surface area contributed by atoms with Crippen LogP contribution >= 0.6 is 0 Å². The summed E-state index contributed by atoms with van der Waals surface area (Å²) in [7, 11) is 0. The maximum atomic E-state index is 13.5. The van der Waals surface area contributed by atoms with Gasteiger partial charge in [-0.15, -0.1) is 0 Å². The van der Waals surface area contributed by atoms with E-state index in [1.807, 2.05) is 0 Å². The average Bonchev–Trinajstić information content (AvgIpc) is 2.68. The molecule has 3 aromatic rings. The highest BCUT2D eigenvalue weighted by molar-refractivity contribution is 5.48. The zero-order chi connectivity index (χ0) is 22.6. The van der Waals surface area contributed by atoms with Crippen molar-refractivity contribution in [1.82, 2.24) is 0 Å². The van der Waals surface area contributed by atoms with Gasteiger partial charge >= 0.3 is 6.18 Å². The summed E-state index contributed by atoms with van der Waals surface area (Å²) in [5, 5.41) is 2.77. The zero-order valence-corrected chi connectivity index (χ0v) is 15.6. The zero-order valence-electron chi connectivity index (χ0n) is 15.6. The van der Waals surface area contributed by atoms with Gasteiger partial charge in [-0.25, -0.2) is 17.6 Å². The third-order valence-corrected chi connectivity index (χ3v) is 4.06. The van der Waals surface area contributed by atoms with Crippen LogP contribution in [-0.4, -0.2) is 6.73 Å². The Bertz CT molecular complexity index is 1030. The number of anilines is 1. The first kappa shape index (κ1) is 22.4. The Balaban J connectivity index is 1.57. The monoisotopic (exact) mass is 445 g/mol. The van der Waals surface area contributed by atoms with Crippen LogP contribution < -0.4 is 10.1 Å². The van der Waals surface area contributed by atoms with Crippen molar-refractivity contribution >= 4 is 5.69 Å². The minimum Gasteiger partial charge on any atom is -0.457 e. The molecule has 0 unspecified atom stereocenters. The maximum Gasteiger partial charge on any atom is 0.420 e. The molecule has 164 valence electrons. The van der Waals surface area contributed by atoms with Crippen LogP contribution in [0.2, 0.25) is 0 Å². The fourth-order valence-corrected chi connectivity index (χ4v) is 2.58. The molecule has 3 aromatic carbocycles. The van der Waals surface area contributed by atoms with Gasteiger partial charge in [0, 0.05) is 23.4 Å². The first-order valence-corrected chi connectivity index (χ1v) is 8.73. The molecule has 0 radical (unpaired) electrons. The number of halogens is 7. The molecule has 0 saturated heterocycles. The van der Waals surface area contributed by atoms with Crippen LogP contribution in [0.15, 0.2) is 54.6 Å². The van der Waals surface area contributed by atoms with E-state index in [-0.39, 0.29) is 12.5 Å². The molecule has 0 fully saturated rings. The molecule has 10 heteroatoms. The second-order valence-electron chi connectivity index (χ2n) is 6.28. The number of ether oxygens (including phenoxy) is 2. The molecule has 0 bridgehead atoms. The quantitative estimate of drug-likeness (QED) is 0.251. The molecule has 0 aliphatic carbocycles. The van der Waals surface area contributed by atoms with E-state index in [2.05, 4.69) is 5.32 Å². The van der Waals surface area contributed by atoms with Crippen molar-refractivity contribution in [3.05, 3.63) is 89.0 Å². The summed E-state index contributed by atoms with van der Waals surface area (Å²) >= 11 is 0. The van der Waals surface area contributed by atoms with Crippen molar-refractivity contribution in [1.29, 1.82) is 0 Å². The van der Waals surface area contributed by atoms with Crippen molar-refractivity contribution in [2.24, 2.45) is 0 Å². The highest BCUT2D eigenvalue weighted by Gasteiger charge is 2.35. The fourth-order valence-electron chi connectivity index (χ4n) is 2.58. The van der Waals surface area contributed by atoms with Crippen LogP contribution in [0, 0.1) is 23.3 Å². The molecule has 0 aromatic heterocycles. The minimum absolute atomic E-state index is 0.0685. The third kappa shape index (κ3) is 5.88. The third-order valence-electron chi connectivity index (χ3n) is 4.06. The van der Waals surface area contributed by atoms with Gasteiger partial charge in [0.2, 0.25) is 0 Å². The van der Waals surface area contributed by atoms with Gasteiger partial charge in [0.1, 0.15) is 47.1 Å². The molecule has 0 aliphatic heterocycles. The average molecular weight is 445 g/mol. The summed E-state index contributed by atoms with van der Waals surface area (Å²) in [4.78, 5) is 0. The Hall–Kier alpha value is -3.27. The van der Waals surface area contributed by atoms with Crippen molar-refractivity contribution < 1.29 is 40.2 Å². The highest BCUT2D eigenvalue weighted by atomic mass is 19.4. The molecule has 0 aliphatic rings. The summed E-state index contributed by atoms with van der Waals surface area (Å²) in [5.74, 6) is -4.71. The molecular formula is C21H14F7NO2. The van der Waals surface area contributed by atoms with Crippen LogP contribution in [0.25, 0.3) is 0 Å². The maximum absolute atomic E-state index is 13.5. The predicted octanol–water partition coefficient (Wildman–Crippen LogP) is 6.64. The standard InChI is InChI=1S/C21H14F7NO2/c22-12-1-6-20(17(7-12)21(26,27)28)31-15-4-2-14(3-5-15)29-11-30-10-16-18(24)8-13(23)9-19(16)25/h1-9,29H,10-11H2. The van der Waals surface area contributed by atoms with E-state index in [0.29, 0.717) is 23.9 Å². The van der Waals surface area contributed by atoms with Crippen molar-refractivity contribution in [3.63, 3.8) is 0 Å². The van der Waals surface area contributed by atoms with Gasteiger partial charge in [-0.1, -0.05) is 0 Å². The van der Waals surface area contributed by atoms with E-state index < -0.39 is 52.9 Å². The molecule has 1 N–H and O–H groups in total. The van der Waals surface area contributed by atoms with Crippen molar-refractivity contribution in [2.45, 2.75) is 12.8 Å². The Morgan fingerprint density at radius 2 is 1.42 bits per heavy atom. The highest BCUT2D eigenvalue weighted by Crippen LogP contribution is 2.38.